The van der Waals surface area contributed by atoms with Crippen LogP contribution < -0.4 is 14.8 Å². The molecule has 0 spiro atoms. The van der Waals surface area contributed by atoms with Crippen molar-refractivity contribution < 1.29 is 14.6 Å². The summed E-state index contributed by atoms with van der Waals surface area (Å²) in [5.74, 6) is 1.84. The van der Waals surface area contributed by atoms with Gasteiger partial charge < -0.3 is 19.9 Å². The van der Waals surface area contributed by atoms with E-state index < -0.39 is 0 Å². The van der Waals surface area contributed by atoms with E-state index in [-0.39, 0.29) is 6.04 Å². The van der Waals surface area contributed by atoms with Crippen LogP contribution in [0.25, 0.3) is 0 Å². The zero-order valence-electron chi connectivity index (χ0n) is 12.9. The molecule has 116 valence electrons. The lowest BCUT2D eigenvalue weighted by Crippen LogP contribution is -2.31. The average Bonchev–Trinajstić information content (AvgIpc) is 2.54. The van der Waals surface area contributed by atoms with E-state index >= 15 is 0 Å². The monoisotopic (exact) mass is 299 g/mol. The van der Waals surface area contributed by atoms with Crippen molar-refractivity contribution in [2.24, 2.45) is 0 Å². The average molecular weight is 299 g/mol. The number of aromatic hydroxyl groups is 1. The third kappa shape index (κ3) is 2.88. The van der Waals surface area contributed by atoms with Crippen LogP contribution in [0.3, 0.4) is 0 Å². The quantitative estimate of drug-likeness (QED) is 0.911. The number of benzene rings is 2. The second kappa shape index (κ2) is 6.28. The number of fused-ring (bicyclic) bond motifs is 1. The minimum atomic E-state index is 0.213. The number of hydrogen-bond donors (Lipinski definition) is 2. The maximum absolute atomic E-state index is 9.63. The number of hydrogen-bond acceptors (Lipinski definition) is 4. The first kappa shape index (κ1) is 14.7. The van der Waals surface area contributed by atoms with E-state index in [0.717, 1.165) is 36.4 Å². The van der Waals surface area contributed by atoms with Gasteiger partial charge in [0.1, 0.15) is 5.75 Å². The summed E-state index contributed by atoms with van der Waals surface area (Å²) in [5, 5.41) is 13.2. The van der Waals surface area contributed by atoms with Crippen LogP contribution >= 0.6 is 0 Å². The van der Waals surface area contributed by atoms with E-state index in [9.17, 15) is 5.11 Å². The molecule has 1 aliphatic rings. The van der Waals surface area contributed by atoms with Crippen molar-refractivity contribution in [3.8, 4) is 17.2 Å². The van der Waals surface area contributed by atoms with Crippen molar-refractivity contribution in [3.63, 3.8) is 0 Å². The fraction of sp³-hybridized carbons (Fsp3) is 0.333. The van der Waals surface area contributed by atoms with Gasteiger partial charge >= 0.3 is 0 Å². The lowest BCUT2D eigenvalue weighted by atomic mass is 9.90. The maximum Gasteiger partial charge on any atom is 0.161 e. The van der Waals surface area contributed by atoms with E-state index in [1.54, 1.807) is 20.3 Å². The van der Waals surface area contributed by atoms with Crippen molar-refractivity contribution >= 4 is 0 Å². The predicted molar refractivity (Wildman–Crippen MR) is 85.8 cm³/mol. The number of phenols is 1. The summed E-state index contributed by atoms with van der Waals surface area (Å²) in [6.07, 6.45) is 1.81. The van der Waals surface area contributed by atoms with Crippen molar-refractivity contribution in [2.45, 2.75) is 18.9 Å². The molecule has 0 fully saturated rings. The topological polar surface area (TPSA) is 50.7 Å². The molecule has 3 rings (SSSR count). The van der Waals surface area contributed by atoms with Gasteiger partial charge in [-0.2, -0.15) is 0 Å². The van der Waals surface area contributed by atoms with Gasteiger partial charge in [0.05, 0.1) is 14.2 Å². The molecular formula is C18H21NO3. The van der Waals surface area contributed by atoms with Gasteiger partial charge in [0.15, 0.2) is 11.5 Å². The second-order valence-corrected chi connectivity index (χ2v) is 5.54. The molecule has 0 saturated heterocycles. The summed E-state index contributed by atoms with van der Waals surface area (Å²) < 4.78 is 10.8. The molecule has 0 aliphatic carbocycles. The standard InChI is InChI=1S/C18H21NO3/c1-21-17-10-13-6-7-19-16(15(13)11-18(17)22-2)9-12-4-3-5-14(20)8-12/h3-5,8,10-11,16,19-20H,6-7,9H2,1-2H3/t16-/m1/s1. The van der Waals surface area contributed by atoms with Crippen LogP contribution in [0.2, 0.25) is 0 Å². The smallest absolute Gasteiger partial charge is 0.161 e. The van der Waals surface area contributed by atoms with E-state index in [4.69, 9.17) is 9.47 Å². The molecule has 22 heavy (non-hydrogen) atoms. The van der Waals surface area contributed by atoms with Crippen LogP contribution in [0.4, 0.5) is 0 Å². The zero-order chi connectivity index (χ0) is 15.5. The summed E-state index contributed by atoms with van der Waals surface area (Å²) in [4.78, 5) is 0. The molecule has 2 aromatic rings. The second-order valence-electron chi connectivity index (χ2n) is 5.54. The predicted octanol–water partition coefficient (Wildman–Crippen LogP) is 2.84. The Morgan fingerprint density at radius 3 is 2.64 bits per heavy atom. The highest BCUT2D eigenvalue weighted by molar-refractivity contribution is 5.49. The Kier molecular flexibility index (Phi) is 4.20. The molecule has 0 amide bonds. The first-order valence-electron chi connectivity index (χ1n) is 7.47. The van der Waals surface area contributed by atoms with Crippen LogP contribution in [0.5, 0.6) is 17.2 Å². The first-order valence-corrected chi connectivity index (χ1v) is 7.47. The van der Waals surface area contributed by atoms with E-state index in [2.05, 4.69) is 17.4 Å². The van der Waals surface area contributed by atoms with Gasteiger partial charge in [-0.25, -0.2) is 0 Å². The molecular weight excluding hydrogens is 278 g/mol. The summed E-state index contributed by atoms with van der Waals surface area (Å²) >= 11 is 0. The molecule has 2 aromatic carbocycles. The number of phenolic OH excluding ortho intramolecular Hbond substituents is 1. The molecule has 4 nitrogen and oxygen atoms in total. The normalized spacial score (nSPS) is 16.9. The fourth-order valence-corrected chi connectivity index (χ4v) is 3.07. The molecule has 0 unspecified atom stereocenters. The fourth-order valence-electron chi connectivity index (χ4n) is 3.07. The SMILES string of the molecule is COc1cc2c(cc1OC)[C@@H](Cc1cccc(O)c1)NCC2. The Morgan fingerprint density at radius 2 is 1.91 bits per heavy atom. The van der Waals surface area contributed by atoms with Crippen LogP contribution in [-0.4, -0.2) is 25.9 Å². The summed E-state index contributed by atoms with van der Waals surface area (Å²) in [5.41, 5.74) is 3.65. The van der Waals surface area contributed by atoms with Crippen LogP contribution in [-0.2, 0) is 12.8 Å². The van der Waals surface area contributed by atoms with Gasteiger partial charge in [-0.05, 0) is 60.3 Å². The lowest BCUT2D eigenvalue weighted by Gasteiger charge is -2.28. The Bertz CT molecular complexity index is 669. The molecule has 1 aliphatic heterocycles. The highest BCUT2D eigenvalue weighted by Crippen LogP contribution is 2.36. The molecule has 0 bridgehead atoms. The first-order chi connectivity index (χ1) is 10.7. The van der Waals surface area contributed by atoms with Gasteiger partial charge in [-0.1, -0.05) is 12.1 Å². The minimum Gasteiger partial charge on any atom is -0.508 e. The third-order valence-corrected chi connectivity index (χ3v) is 4.16. The van der Waals surface area contributed by atoms with Gasteiger partial charge in [0.2, 0.25) is 0 Å². The lowest BCUT2D eigenvalue weighted by molar-refractivity contribution is 0.352. The molecule has 0 radical (unpaired) electrons. The molecule has 0 aromatic heterocycles. The number of methoxy groups -OCH3 is 2. The minimum absolute atomic E-state index is 0.213. The van der Waals surface area contributed by atoms with Gasteiger partial charge in [-0.15, -0.1) is 0 Å². The number of ether oxygens (including phenoxy) is 2. The highest BCUT2D eigenvalue weighted by Gasteiger charge is 2.22. The molecule has 0 saturated carbocycles. The largest absolute Gasteiger partial charge is 0.508 e. The van der Waals surface area contributed by atoms with Crippen molar-refractivity contribution in [2.75, 3.05) is 20.8 Å². The van der Waals surface area contributed by atoms with E-state index in [1.165, 1.54) is 11.1 Å². The zero-order valence-corrected chi connectivity index (χ0v) is 12.9. The Labute approximate surface area is 130 Å². The summed E-state index contributed by atoms with van der Waals surface area (Å²) in [6.45, 7) is 0.936. The summed E-state index contributed by atoms with van der Waals surface area (Å²) in [7, 11) is 3.32. The number of rotatable bonds is 4. The van der Waals surface area contributed by atoms with Crippen molar-refractivity contribution in [1.29, 1.82) is 0 Å². The van der Waals surface area contributed by atoms with Gasteiger partial charge in [0, 0.05) is 6.04 Å². The Hall–Kier alpha value is -2.20. The third-order valence-electron chi connectivity index (χ3n) is 4.16. The maximum atomic E-state index is 9.63. The highest BCUT2D eigenvalue weighted by atomic mass is 16.5. The van der Waals surface area contributed by atoms with E-state index in [1.807, 2.05) is 18.2 Å². The number of nitrogens with one attached hydrogen (secondary N) is 1. The molecule has 1 heterocycles. The Morgan fingerprint density at radius 1 is 1.14 bits per heavy atom. The van der Waals surface area contributed by atoms with Gasteiger partial charge in [0.25, 0.3) is 0 Å². The van der Waals surface area contributed by atoms with Crippen LogP contribution in [0.15, 0.2) is 36.4 Å². The van der Waals surface area contributed by atoms with Crippen molar-refractivity contribution in [1.82, 2.24) is 5.32 Å². The van der Waals surface area contributed by atoms with Crippen molar-refractivity contribution in [3.05, 3.63) is 53.1 Å². The molecule has 2 N–H and O–H groups in total. The van der Waals surface area contributed by atoms with Crippen LogP contribution in [0, 0.1) is 0 Å². The molecule has 4 heteroatoms. The van der Waals surface area contributed by atoms with E-state index in [0.29, 0.717) is 5.75 Å². The Balaban J connectivity index is 1.93. The van der Waals surface area contributed by atoms with Crippen LogP contribution in [0.1, 0.15) is 22.7 Å². The summed E-state index contributed by atoms with van der Waals surface area (Å²) in [6, 6.07) is 11.8. The van der Waals surface area contributed by atoms with Gasteiger partial charge in [-0.3, -0.25) is 0 Å². The molecule has 1 atom stereocenters.